The van der Waals surface area contributed by atoms with Crippen LogP contribution in [-0.2, 0) is 12.8 Å². The second-order valence-electron chi connectivity index (χ2n) is 6.63. The molecule has 1 N–H and O–H groups in total. The molecule has 0 radical (unpaired) electrons. The average molecular weight is 331 g/mol. The van der Waals surface area contributed by atoms with Gasteiger partial charge < -0.3 is 4.52 Å². The third-order valence-electron chi connectivity index (χ3n) is 4.70. The van der Waals surface area contributed by atoms with E-state index in [1.54, 1.807) is 17.4 Å². The van der Waals surface area contributed by atoms with Crippen LogP contribution in [0.2, 0.25) is 0 Å². The number of fused-ring (bicyclic) bond motifs is 1. The highest BCUT2D eigenvalue weighted by Gasteiger charge is 2.29. The highest BCUT2D eigenvalue weighted by atomic mass is 32.1. The molecule has 2 heterocycles. The highest BCUT2D eigenvalue weighted by Crippen LogP contribution is 2.40. The van der Waals surface area contributed by atoms with Crippen molar-refractivity contribution in [2.24, 2.45) is 5.92 Å². The zero-order chi connectivity index (χ0) is 15.8. The molecule has 122 valence electrons. The number of carbonyl (C=O) groups excluding carboxylic acids is 1. The summed E-state index contributed by atoms with van der Waals surface area (Å²) in [7, 11) is 0. The molecular weight excluding hydrogens is 310 g/mol. The lowest BCUT2D eigenvalue weighted by molar-refractivity contribution is 0.101. The van der Waals surface area contributed by atoms with Crippen LogP contribution in [0.25, 0.3) is 0 Å². The van der Waals surface area contributed by atoms with Crippen LogP contribution in [0, 0.1) is 5.92 Å². The minimum Gasteiger partial charge on any atom is -0.360 e. The van der Waals surface area contributed by atoms with E-state index < -0.39 is 0 Å². The Morgan fingerprint density at radius 1 is 1.43 bits per heavy atom. The van der Waals surface area contributed by atoms with Gasteiger partial charge in [-0.2, -0.15) is 0 Å². The van der Waals surface area contributed by atoms with Gasteiger partial charge in [0.05, 0.1) is 5.69 Å². The van der Waals surface area contributed by atoms with Gasteiger partial charge in [-0.15, -0.1) is 11.3 Å². The number of carbonyl (C=O) groups is 1. The molecule has 4 rings (SSSR count). The summed E-state index contributed by atoms with van der Waals surface area (Å²) in [6.45, 7) is 2.24. The van der Waals surface area contributed by atoms with Gasteiger partial charge in [0.15, 0.2) is 10.8 Å². The maximum absolute atomic E-state index is 12.3. The number of aryl methyl sites for hydroxylation is 1. The summed E-state index contributed by atoms with van der Waals surface area (Å²) < 4.78 is 5.24. The molecule has 2 aliphatic carbocycles. The number of aromatic nitrogens is 2. The first-order valence-corrected chi connectivity index (χ1v) is 9.31. The second kappa shape index (κ2) is 6.07. The molecule has 0 unspecified atom stereocenters. The quantitative estimate of drug-likeness (QED) is 0.893. The normalized spacial score (nSPS) is 20.3. The molecule has 2 aromatic rings. The molecule has 0 bridgehead atoms. The summed E-state index contributed by atoms with van der Waals surface area (Å²) in [6.07, 6.45) is 8.13. The van der Waals surface area contributed by atoms with Gasteiger partial charge in [-0.25, -0.2) is 4.98 Å². The van der Waals surface area contributed by atoms with Gasteiger partial charge in [0.1, 0.15) is 5.76 Å². The summed E-state index contributed by atoms with van der Waals surface area (Å²) >= 11 is 1.61. The molecule has 0 aliphatic heterocycles. The lowest BCUT2D eigenvalue weighted by Gasteiger charge is -2.19. The predicted molar refractivity (Wildman–Crippen MR) is 89.0 cm³/mol. The number of amides is 1. The van der Waals surface area contributed by atoms with E-state index >= 15 is 0 Å². The van der Waals surface area contributed by atoms with Gasteiger partial charge in [0.2, 0.25) is 0 Å². The topological polar surface area (TPSA) is 68.0 Å². The summed E-state index contributed by atoms with van der Waals surface area (Å²) in [6, 6.07) is 1.76. The third-order valence-corrected chi connectivity index (χ3v) is 5.74. The van der Waals surface area contributed by atoms with Gasteiger partial charge >= 0.3 is 0 Å². The van der Waals surface area contributed by atoms with E-state index in [2.05, 4.69) is 22.4 Å². The molecular formula is C17H21N3O2S. The molecule has 1 amide bonds. The fourth-order valence-corrected chi connectivity index (χ4v) is 4.39. The van der Waals surface area contributed by atoms with E-state index in [4.69, 9.17) is 4.52 Å². The van der Waals surface area contributed by atoms with Crippen LogP contribution in [0.5, 0.6) is 0 Å². The SMILES string of the molecule is CCC[C@H]1CCc2nc(NC(=O)c3cc(C4CC4)on3)sc2C1. The molecule has 2 aromatic heterocycles. The molecule has 1 atom stereocenters. The number of anilines is 1. The monoisotopic (exact) mass is 331 g/mol. The van der Waals surface area contributed by atoms with Crippen molar-refractivity contribution >= 4 is 22.4 Å². The number of thiazole rings is 1. The van der Waals surface area contributed by atoms with Gasteiger partial charge in [-0.05, 0) is 38.0 Å². The van der Waals surface area contributed by atoms with Crippen LogP contribution in [0.15, 0.2) is 10.6 Å². The number of hydrogen-bond acceptors (Lipinski definition) is 5. The van der Waals surface area contributed by atoms with Crippen molar-refractivity contribution in [1.82, 2.24) is 10.1 Å². The van der Waals surface area contributed by atoms with E-state index in [0.717, 1.165) is 43.1 Å². The van der Waals surface area contributed by atoms with Gasteiger partial charge in [-0.1, -0.05) is 24.9 Å². The van der Waals surface area contributed by atoms with E-state index in [9.17, 15) is 4.79 Å². The second-order valence-corrected chi connectivity index (χ2v) is 7.71. The average Bonchev–Trinajstić information content (AvgIpc) is 3.12. The van der Waals surface area contributed by atoms with E-state index in [1.165, 1.54) is 24.1 Å². The summed E-state index contributed by atoms with van der Waals surface area (Å²) in [5.41, 5.74) is 1.51. The van der Waals surface area contributed by atoms with E-state index in [-0.39, 0.29) is 5.91 Å². The molecule has 0 spiro atoms. The Kier molecular flexibility index (Phi) is 3.93. The van der Waals surface area contributed by atoms with Gasteiger partial charge in [0.25, 0.3) is 5.91 Å². The molecule has 6 heteroatoms. The summed E-state index contributed by atoms with van der Waals surface area (Å²) in [4.78, 5) is 18.2. The van der Waals surface area contributed by atoms with Gasteiger partial charge in [0, 0.05) is 16.9 Å². The fraction of sp³-hybridized carbons (Fsp3) is 0.588. The standard InChI is InChI=1S/C17H21N3O2S/c1-2-3-10-4-7-12-15(8-10)23-17(18-12)19-16(21)13-9-14(22-20-13)11-5-6-11/h9-11H,2-8H2,1H3,(H,18,19,21)/t10-/m0/s1. The predicted octanol–water partition coefficient (Wildman–Crippen LogP) is 4.17. The van der Waals surface area contributed by atoms with Crippen molar-refractivity contribution < 1.29 is 9.32 Å². The first kappa shape index (κ1) is 14.9. The summed E-state index contributed by atoms with van der Waals surface area (Å²) in [5.74, 6) is 1.84. The van der Waals surface area contributed by atoms with E-state index in [1.807, 2.05) is 0 Å². The smallest absolute Gasteiger partial charge is 0.279 e. The van der Waals surface area contributed by atoms with Crippen molar-refractivity contribution in [2.75, 3.05) is 5.32 Å². The molecule has 0 saturated heterocycles. The Bertz CT molecular complexity index is 717. The lowest BCUT2D eigenvalue weighted by Crippen LogP contribution is -2.13. The van der Waals surface area contributed by atoms with Crippen molar-refractivity contribution in [3.63, 3.8) is 0 Å². The van der Waals surface area contributed by atoms with Crippen molar-refractivity contribution in [3.05, 3.63) is 28.1 Å². The Morgan fingerprint density at radius 2 is 2.30 bits per heavy atom. The maximum atomic E-state index is 12.3. The number of hydrogen-bond donors (Lipinski definition) is 1. The van der Waals surface area contributed by atoms with Crippen LogP contribution >= 0.6 is 11.3 Å². The van der Waals surface area contributed by atoms with Crippen LogP contribution in [0.4, 0.5) is 5.13 Å². The summed E-state index contributed by atoms with van der Waals surface area (Å²) in [5, 5.41) is 7.45. The number of nitrogens with one attached hydrogen (secondary N) is 1. The lowest BCUT2D eigenvalue weighted by atomic mass is 9.88. The van der Waals surface area contributed by atoms with Crippen molar-refractivity contribution in [3.8, 4) is 0 Å². The Balaban J connectivity index is 1.43. The molecule has 5 nitrogen and oxygen atoms in total. The van der Waals surface area contributed by atoms with Crippen LogP contribution in [0.1, 0.15) is 71.8 Å². The van der Waals surface area contributed by atoms with Crippen LogP contribution in [-0.4, -0.2) is 16.0 Å². The third kappa shape index (κ3) is 3.17. The number of rotatable bonds is 5. The van der Waals surface area contributed by atoms with Crippen molar-refractivity contribution in [1.29, 1.82) is 0 Å². The molecule has 23 heavy (non-hydrogen) atoms. The Hall–Kier alpha value is -1.69. The minimum absolute atomic E-state index is 0.225. The molecule has 1 saturated carbocycles. The maximum Gasteiger partial charge on any atom is 0.279 e. The van der Waals surface area contributed by atoms with Gasteiger partial charge in [-0.3, -0.25) is 10.1 Å². The van der Waals surface area contributed by atoms with E-state index in [0.29, 0.717) is 16.7 Å². The van der Waals surface area contributed by atoms with Crippen molar-refractivity contribution in [2.45, 2.75) is 57.8 Å². The zero-order valence-electron chi connectivity index (χ0n) is 13.3. The minimum atomic E-state index is -0.225. The Morgan fingerprint density at radius 3 is 3.09 bits per heavy atom. The molecule has 2 aliphatic rings. The fourth-order valence-electron chi connectivity index (χ4n) is 3.27. The Labute approximate surface area is 139 Å². The highest BCUT2D eigenvalue weighted by molar-refractivity contribution is 7.15. The van der Waals surface area contributed by atoms with Crippen LogP contribution < -0.4 is 5.32 Å². The molecule has 1 fully saturated rings. The van der Waals surface area contributed by atoms with Crippen LogP contribution in [0.3, 0.4) is 0 Å². The first-order valence-electron chi connectivity index (χ1n) is 8.49. The first-order chi connectivity index (χ1) is 11.2. The number of nitrogens with zero attached hydrogens (tertiary/aromatic N) is 2. The molecule has 0 aromatic carbocycles. The largest absolute Gasteiger partial charge is 0.360 e. The zero-order valence-corrected chi connectivity index (χ0v) is 14.1.